The van der Waals surface area contributed by atoms with E-state index in [2.05, 4.69) is 17.3 Å². The van der Waals surface area contributed by atoms with E-state index in [1.54, 1.807) is 6.20 Å². The summed E-state index contributed by atoms with van der Waals surface area (Å²) in [5.41, 5.74) is 3.07. The lowest BCUT2D eigenvalue weighted by molar-refractivity contribution is -0.119. The molecule has 0 spiro atoms. The van der Waals surface area contributed by atoms with E-state index < -0.39 is 0 Å². The van der Waals surface area contributed by atoms with Gasteiger partial charge in [-0.25, -0.2) is 4.68 Å². The summed E-state index contributed by atoms with van der Waals surface area (Å²) in [5, 5.41) is 7.44. The zero-order chi connectivity index (χ0) is 20.4. The molecule has 2 aromatic rings. The lowest BCUT2D eigenvalue weighted by atomic mass is 10.0. The van der Waals surface area contributed by atoms with Crippen LogP contribution >= 0.6 is 0 Å². The number of carbonyl (C=O) groups is 2. The summed E-state index contributed by atoms with van der Waals surface area (Å²) in [6, 6.07) is 7.88. The lowest BCUT2D eigenvalue weighted by Gasteiger charge is -2.33. The SMILES string of the molecule is Cc1ccc(C(=O)N2CCC(n3nccc3NC(=O)[C@@H]3CCOC3)CC2)cc1C. The van der Waals surface area contributed by atoms with Crippen molar-refractivity contribution in [2.45, 2.75) is 39.2 Å². The maximum Gasteiger partial charge on any atom is 0.253 e. The molecule has 2 saturated heterocycles. The molecule has 0 aliphatic carbocycles. The summed E-state index contributed by atoms with van der Waals surface area (Å²) in [7, 11) is 0. The van der Waals surface area contributed by atoms with Gasteiger partial charge in [0.2, 0.25) is 5.91 Å². The number of rotatable bonds is 4. The number of piperidine rings is 1. The smallest absolute Gasteiger partial charge is 0.253 e. The number of hydrogen-bond acceptors (Lipinski definition) is 4. The highest BCUT2D eigenvalue weighted by Crippen LogP contribution is 2.27. The number of amides is 2. The first-order valence-corrected chi connectivity index (χ1v) is 10.3. The van der Waals surface area contributed by atoms with Crippen molar-refractivity contribution in [1.29, 1.82) is 0 Å². The molecule has 4 rings (SSSR count). The molecule has 0 radical (unpaired) electrons. The molecule has 2 fully saturated rings. The molecule has 29 heavy (non-hydrogen) atoms. The normalized spacial score (nSPS) is 20.1. The molecule has 0 saturated carbocycles. The van der Waals surface area contributed by atoms with Gasteiger partial charge < -0.3 is 15.0 Å². The first-order chi connectivity index (χ1) is 14.0. The molecule has 2 amide bonds. The number of carbonyl (C=O) groups excluding carboxylic acids is 2. The number of aromatic nitrogens is 2. The van der Waals surface area contributed by atoms with E-state index in [4.69, 9.17) is 4.74 Å². The van der Waals surface area contributed by atoms with Crippen molar-refractivity contribution in [3.05, 3.63) is 47.2 Å². The Hall–Kier alpha value is -2.67. The van der Waals surface area contributed by atoms with Crippen LogP contribution in [0.1, 0.15) is 46.8 Å². The molecule has 7 nitrogen and oxygen atoms in total. The molecule has 2 aliphatic rings. The summed E-state index contributed by atoms with van der Waals surface area (Å²) in [6.45, 7) is 6.57. The Morgan fingerprint density at radius 1 is 1.10 bits per heavy atom. The second-order valence-corrected chi connectivity index (χ2v) is 8.03. The van der Waals surface area contributed by atoms with Gasteiger partial charge in [0.15, 0.2) is 0 Å². The van der Waals surface area contributed by atoms with E-state index in [0.29, 0.717) is 26.3 Å². The molecule has 0 unspecified atom stereocenters. The summed E-state index contributed by atoms with van der Waals surface area (Å²) >= 11 is 0. The fourth-order valence-electron chi connectivity index (χ4n) is 4.04. The minimum absolute atomic E-state index is 0.00777. The van der Waals surface area contributed by atoms with E-state index >= 15 is 0 Å². The number of nitrogens with one attached hydrogen (secondary N) is 1. The molecule has 1 atom stereocenters. The topological polar surface area (TPSA) is 76.5 Å². The van der Waals surface area contributed by atoms with Crippen LogP contribution < -0.4 is 5.32 Å². The van der Waals surface area contributed by atoms with Crippen LogP contribution in [0.5, 0.6) is 0 Å². The van der Waals surface area contributed by atoms with Crippen LogP contribution in [0.2, 0.25) is 0 Å². The van der Waals surface area contributed by atoms with Gasteiger partial charge in [-0.05, 0) is 56.4 Å². The van der Waals surface area contributed by atoms with Gasteiger partial charge in [0, 0.05) is 31.3 Å². The second-order valence-electron chi connectivity index (χ2n) is 8.03. The monoisotopic (exact) mass is 396 g/mol. The number of nitrogens with zero attached hydrogens (tertiary/aromatic N) is 3. The molecular weight excluding hydrogens is 368 g/mol. The van der Waals surface area contributed by atoms with Crippen molar-refractivity contribution in [2.24, 2.45) is 5.92 Å². The van der Waals surface area contributed by atoms with Crippen LogP contribution in [0, 0.1) is 19.8 Å². The maximum atomic E-state index is 12.9. The maximum absolute atomic E-state index is 12.9. The van der Waals surface area contributed by atoms with E-state index in [-0.39, 0.29) is 23.8 Å². The fraction of sp³-hybridized carbons (Fsp3) is 0.500. The van der Waals surface area contributed by atoms with E-state index in [1.807, 2.05) is 40.8 Å². The molecular formula is C22H28N4O3. The van der Waals surface area contributed by atoms with Crippen molar-refractivity contribution in [2.75, 3.05) is 31.6 Å². The average molecular weight is 396 g/mol. The van der Waals surface area contributed by atoms with Crippen molar-refractivity contribution >= 4 is 17.6 Å². The van der Waals surface area contributed by atoms with Gasteiger partial charge in [0.25, 0.3) is 5.91 Å². The third-order valence-corrected chi connectivity index (χ3v) is 6.07. The Bertz CT molecular complexity index is 893. The van der Waals surface area contributed by atoms with Crippen LogP contribution in [-0.2, 0) is 9.53 Å². The molecule has 1 N–H and O–H groups in total. The molecule has 7 heteroatoms. The van der Waals surface area contributed by atoms with Crippen LogP contribution in [0.4, 0.5) is 5.82 Å². The number of ether oxygens (including phenoxy) is 1. The molecule has 2 aliphatic heterocycles. The molecule has 1 aromatic carbocycles. The highest BCUT2D eigenvalue weighted by Gasteiger charge is 2.28. The van der Waals surface area contributed by atoms with Crippen molar-refractivity contribution < 1.29 is 14.3 Å². The number of likely N-dealkylation sites (tertiary alicyclic amines) is 1. The minimum atomic E-state index is -0.0872. The highest BCUT2D eigenvalue weighted by atomic mass is 16.5. The summed E-state index contributed by atoms with van der Waals surface area (Å²) < 4.78 is 7.20. The summed E-state index contributed by atoms with van der Waals surface area (Å²) in [5.74, 6) is 0.713. The van der Waals surface area contributed by atoms with Crippen LogP contribution in [-0.4, -0.2) is 52.8 Å². The van der Waals surface area contributed by atoms with Gasteiger partial charge in [-0.2, -0.15) is 5.10 Å². The third kappa shape index (κ3) is 4.19. The molecule has 1 aromatic heterocycles. The van der Waals surface area contributed by atoms with E-state index in [0.717, 1.165) is 36.2 Å². The third-order valence-electron chi connectivity index (χ3n) is 6.07. The lowest BCUT2D eigenvalue weighted by Crippen LogP contribution is -2.39. The van der Waals surface area contributed by atoms with Crippen molar-refractivity contribution in [3.63, 3.8) is 0 Å². The first-order valence-electron chi connectivity index (χ1n) is 10.3. The fourth-order valence-corrected chi connectivity index (χ4v) is 4.04. The Morgan fingerprint density at radius 3 is 2.59 bits per heavy atom. The van der Waals surface area contributed by atoms with Gasteiger partial charge in [-0.15, -0.1) is 0 Å². The average Bonchev–Trinajstić information content (AvgIpc) is 3.42. The number of aryl methyl sites for hydroxylation is 2. The van der Waals surface area contributed by atoms with Crippen molar-refractivity contribution in [1.82, 2.24) is 14.7 Å². The van der Waals surface area contributed by atoms with E-state index in [1.165, 1.54) is 5.56 Å². The summed E-state index contributed by atoms with van der Waals surface area (Å²) in [4.78, 5) is 27.2. The molecule has 154 valence electrons. The predicted octanol–water partition coefficient (Wildman–Crippen LogP) is 2.95. The molecule has 3 heterocycles. The minimum Gasteiger partial charge on any atom is -0.381 e. The van der Waals surface area contributed by atoms with Gasteiger partial charge in [0.05, 0.1) is 24.8 Å². The Labute approximate surface area is 171 Å². The predicted molar refractivity (Wildman–Crippen MR) is 110 cm³/mol. The van der Waals surface area contributed by atoms with Crippen LogP contribution in [0.3, 0.4) is 0 Å². The van der Waals surface area contributed by atoms with Gasteiger partial charge in [0.1, 0.15) is 5.82 Å². The van der Waals surface area contributed by atoms with Gasteiger partial charge in [-0.3, -0.25) is 9.59 Å². The Morgan fingerprint density at radius 2 is 1.90 bits per heavy atom. The molecule has 0 bridgehead atoms. The van der Waals surface area contributed by atoms with Crippen LogP contribution in [0.15, 0.2) is 30.5 Å². The largest absolute Gasteiger partial charge is 0.381 e. The van der Waals surface area contributed by atoms with Crippen LogP contribution in [0.25, 0.3) is 0 Å². The van der Waals surface area contributed by atoms with Crippen molar-refractivity contribution in [3.8, 4) is 0 Å². The first kappa shape index (κ1) is 19.6. The highest BCUT2D eigenvalue weighted by molar-refractivity contribution is 5.94. The zero-order valence-electron chi connectivity index (χ0n) is 17.1. The Balaban J connectivity index is 1.37. The number of anilines is 1. The Kier molecular flexibility index (Phi) is 5.67. The quantitative estimate of drug-likeness (QED) is 0.862. The van der Waals surface area contributed by atoms with E-state index in [9.17, 15) is 9.59 Å². The summed E-state index contributed by atoms with van der Waals surface area (Å²) in [6.07, 6.45) is 4.10. The van der Waals surface area contributed by atoms with Gasteiger partial charge >= 0.3 is 0 Å². The zero-order valence-corrected chi connectivity index (χ0v) is 17.1. The standard InChI is InChI=1S/C22H28N4O3/c1-15-3-4-17(13-16(15)2)22(28)25-10-6-19(7-11-25)26-20(5-9-23-26)24-21(27)18-8-12-29-14-18/h3-5,9,13,18-19H,6-8,10-12,14H2,1-2H3,(H,24,27)/t18-/m1/s1. The number of hydrogen-bond donors (Lipinski definition) is 1. The second kappa shape index (κ2) is 8.37. The number of benzene rings is 1. The van der Waals surface area contributed by atoms with Gasteiger partial charge in [-0.1, -0.05) is 6.07 Å².